The maximum Gasteiger partial charge on any atom is 0.137 e. The molecule has 1 heterocycles. The largest absolute Gasteiger partial charge is 0.398 e. The number of hydrogen-bond acceptors (Lipinski definition) is 2. The fourth-order valence-electron chi connectivity index (χ4n) is 1.56. The molecule has 3 nitrogen and oxygen atoms in total. The summed E-state index contributed by atoms with van der Waals surface area (Å²) in [6.07, 6.45) is 1.88. The molecule has 0 unspecified atom stereocenters. The van der Waals surface area contributed by atoms with E-state index in [4.69, 9.17) is 5.73 Å². The normalized spacial score (nSPS) is 11.0. The number of nitrogens with two attached hydrogens (primary N) is 1. The Balaban J connectivity index is 2.39. The minimum atomic E-state index is 0.462. The van der Waals surface area contributed by atoms with Gasteiger partial charge in [0.25, 0.3) is 0 Å². The van der Waals surface area contributed by atoms with Gasteiger partial charge < -0.3 is 10.7 Å². The highest BCUT2D eigenvalue weighted by Gasteiger charge is 2.06. The minimum absolute atomic E-state index is 0.462. The van der Waals surface area contributed by atoms with Gasteiger partial charge in [0.1, 0.15) is 5.82 Å². The number of hydrogen-bond donors (Lipinski definition) is 2. The van der Waals surface area contributed by atoms with E-state index in [2.05, 4.69) is 23.8 Å². The standard InChI is InChI=1S/C13H17N3/c1-8(2)12-7-15-13(16-12)10-5-4-9(3)11(14)6-10/h4-8H,14H2,1-3H3,(H,15,16). The number of imidazole rings is 1. The second kappa shape index (κ2) is 4.00. The number of aromatic amines is 1. The third kappa shape index (κ3) is 1.94. The van der Waals surface area contributed by atoms with Crippen LogP contribution in [0.15, 0.2) is 24.4 Å². The van der Waals surface area contributed by atoms with Crippen molar-refractivity contribution in [1.82, 2.24) is 9.97 Å². The molecule has 0 spiro atoms. The maximum absolute atomic E-state index is 5.88. The quantitative estimate of drug-likeness (QED) is 0.756. The number of H-pyrrole nitrogens is 1. The number of rotatable bonds is 2. The summed E-state index contributed by atoms with van der Waals surface area (Å²) < 4.78 is 0. The van der Waals surface area contributed by atoms with Gasteiger partial charge in [-0.3, -0.25) is 0 Å². The van der Waals surface area contributed by atoms with Gasteiger partial charge in [0.05, 0.1) is 0 Å². The van der Waals surface area contributed by atoms with E-state index in [1.807, 2.05) is 31.3 Å². The van der Waals surface area contributed by atoms with Crippen LogP contribution in [0.5, 0.6) is 0 Å². The summed E-state index contributed by atoms with van der Waals surface area (Å²) in [4.78, 5) is 7.68. The molecule has 0 amide bonds. The van der Waals surface area contributed by atoms with E-state index in [1.165, 1.54) is 0 Å². The number of benzene rings is 1. The molecule has 0 aliphatic heterocycles. The second-order valence-corrected chi connectivity index (χ2v) is 4.41. The Labute approximate surface area is 95.7 Å². The molecule has 0 saturated carbocycles. The molecule has 1 aromatic heterocycles. The lowest BCUT2D eigenvalue weighted by Gasteiger charge is -2.03. The zero-order valence-electron chi connectivity index (χ0n) is 9.91. The molecule has 3 N–H and O–H groups in total. The summed E-state index contributed by atoms with van der Waals surface area (Å²) in [5, 5.41) is 0. The van der Waals surface area contributed by atoms with E-state index in [9.17, 15) is 0 Å². The summed E-state index contributed by atoms with van der Waals surface area (Å²) in [6, 6.07) is 6.01. The van der Waals surface area contributed by atoms with Gasteiger partial charge in [0.2, 0.25) is 0 Å². The number of aromatic nitrogens is 2. The van der Waals surface area contributed by atoms with Crippen LogP contribution in [0, 0.1) is 6.92 Å². The highest BCUT2D eigenvalue weighted by molar-refractivity contribution is 5.63. The number of anilines is 1. The van der Waals surface area contributed by atoms with Crippen molar-refractivity contribution < 1.29 is 0 Å². The van der Waals surface area contributed by atoms with Crippen LogP contribution in [-0.4, -0.2) is 9.97 Å². The Hall–Kier alpha value is -1.77. The zero-order valence-corrected chi connectivity index (χ0v) is 9.91. The number of nitrogens with zero attached hydrogens (tertiary/aromatic N) is 1. The van der Waals surface area contributed by atoms with Gasteiger partial charge in [-0.05, 0) is 24.5 Å². The molecule has 0 bridgehead atoms. The molecule has 0 aliphatic rings. The van der Waals surface area contributed by atoms with E-state index in [-0.39, 0.29) is 0 Å². The molecule has 3 heteroatoms. The van der Waals surface area contributed by atoms with Crippen molar-refractivity contribution in [3.05, 3.63) is 35.7 Å². The van der Waals surface area contributed by atoms with Crippen LogP contribution in [0.1, 0.15) is 31.0 Å². The predicted octanol–water partition coefficient (Wildman–Crippen LogP) is 3.09. The Morgan fingerprint density at radius 1 is 1.31 bits per heavy atom. The zero-order chi connectivity index (χ0) is 11.7. The van der Waals surface area contributed by atoms with E-state index >= 15 is 0 Å². The van der Waals surface area contributed by atoms with Crippen molar-refractivity contribution in [2.75, 3.05) is 5.73 Å². The van der Waals surface area contributed by atoms with Crippen LogP contribution in [0.25, 0.3) is 11.4 Å². The van der Waals surface area contributed by atoms with Crippen LogP contribution in [0.2, 0.25) is 0 Å². The predicted molar refractivity (Wildman–Crippen MR) is 67.3 cm³/mol. The number of aryl methyl sites for hydroxylation is 1. The van der Waals surface area contributed by atoms with Crippen LogP contribution in [0.3, 0.4) is 0 Å². The van der Waals surface area contributed by atoms with Crippen LogP contribution >= 0.6 is 0 Å². The molecule has 1 aromatic carbocycles. The first-order valence-corrected chi connectivity index (χ1v) is 5.49. The van der Waals surface area contributed by atoms with E-state index < -0.39 is 0 Å². The van der Waals surface area contributed by atoms with Crippen molar-refractivity contribution >= 4 is 5.69 Å². The van der Waals surface area contributed by atoms with E-state index in [1.54, 1.807) is 0 Å². The van der Waals surface area contributed by atoms with Crippen molar-refractivity contribution in [2.24, 2.45) is 0 Å². The third-order valence-electron chi connectivity index (χ3n) is 2.77. The van der Waals surface area contributed by atoms with Crippen LogP contribution < -0.4 is 5.73 Å². The summed E-state index contributed by atoms with van der Waals surface area (Å²) in [5.41, 5.74) is 9.97. The fourth-order valence-corrected chi connectivity index (χ4v) is 1.56. The number of nitrogens with one attached hydrogen (secondary N) is 1. The van der Waals surface area contributed by atoms with Crippen molar-refractivity contribution in [1.29, 1.82) is 0 Å². The summed E-state index contributed by atoms with van der Waals surface area (Å²) in [6.45, 7) is 6.28. The fraction of sp³-hybridized carbons (Fsp3) is 0.308. The molecule has 0 radical (unpaired) electrons. The van der Waals surface area contributed by atoms with E-state index in [0.29, 0.717) is 5.92 Å². The van der Waals surface area contributed by atoms with Gasteiger partial charge in [0.15, 0.2) is 0 Å². The highest BCUT2D eigenvalue weighted by atomic mass is 14.9. The first-order valence-electron chi connectivity index (χ1n) is 5.49. The lowest BCUT2D eigenvalue weighted by molar-refractivity contribution is 0.833. The van der Waals surface area contributed by atoms with Crippen molar-refractivity contribution in [3.8, 4) is 11.4 Å². The Morgan fingerprint density at radius 2 is 2.06 bits per heavy atom. The van der Waals surface area contributed by atoms with Gasteiger partial charge in [-0.1, -0.05) is 26.0 Å². The molecule has 0 saturated heterocycles. The average molecular weight is 215 g/mol. The van der Waals surface area contributed by atoms with Gasteiger partial charge in [0, 0.05) is 23.1 Å². The smallest absolute Gasteiger partial charge is 0.137 e. The summed E-state index contributed by atoms with van der Waals surface area (Å²) in [7, 11) is 0. The van der Waals surface area contributed by atoms with Gasteiger partial charge in [-0.15, -0.1) is 0 Å². The highest BCUT2D eigenvalue weighted by Crippen LogP contribution is 2.22. The van der Waals surface area contributed by atoms with Crippen molar-refractivity contribution in [3.63, 3.8) is 0 Å². The lowest BCUT2D eigenvalue weighted by Crippen LogP contribution is -1.91. The summed E-state index contributed by atoms with van der Waals surface area (Å²) in [5.74, 6) is 1.35. The SMILES string of the molecule is Cc1ccc(-c2ncc(C(C)C)[nH]2)cc1N. The first kappa shape index (κ1) is 10.7. The molecule has 0 aliphatic carbocycles. The first-order chi connectivity index (χ1) is 7.58. The van der Waals surface area contributed by atoms with Gasteiger partial charge in [-0.2, -0.15) is 0 Å². The Bertz CT molecular complexity index is 498. The molecular formula is C13H17N3. The topological polar surface area (TPSA) is 54.7 Å². The molecule has 0 atom stereocenters. The van der Waals surface area contributed by atoms with Gasteiger partial charge >= 0.3 is 0 Å². The molecule has 2 rings (SSSR count). The Kier molecular flexibility index (Phi) is 2.69. The third-order valence-corrected chi connectivity index (χ3v) is 2.77. The van der Waals surface area contributed by atoms with E-state index in [0.717, 1.165) is 28.3 Å². The maximum atomic E-state index is 5.88. The molecular weight excluding hydrogens is 198 g/mol. The lowest BCUT2D eigenvalue weighted by atomic mass is 10.1. The average Bonchev–Trinajstić information content (AvgIpc) is 2.71. The van der Waals surface area contributed by atoms with Gasteiger partial charge in [-0.25, -0.2) is 4.98 Å². The minimum Gasteiger partial charge on any atom is -0.398 e. The molecule has 84 valence electrons. The molecule has 0 fully saturated rings. The van der Waals surface area contributed by atoms with Crippen molar-refractivity contribution in [2.45, 2.75) is 26.7 Å². The number of nitrogen functional groups attached to an aromatic ring is 1. The summed E-state index contributed by atoms with van der Waals surface area (Å²) >= 11 is 0. The van der Waals surface area contributed by atoms with Crippen LogP contribution in [-0.2, 0) is 0 Å². The molecule has 16 heavy (non-hydrogen) atoms. The second-order valence-electron chi connectivity index (χ2n) is 4.41. The monoisotopic (exact) mass is 215 g/mol. The van der Waals surface area contributed by atoms with Crippen LogP contribution in [0.4, 0.5) is 5.69 Å². The Morgan fingerprint density at radius 3 is 2.62 bits per heavy atom. The molecule has 2 aromatic rings.